The largest absolute Gasteiger partial charge is 0.394 e. The van der Waals surface area contributed by atoms with Crippen molar-refractivity contribution in [3.8, 4) is 0 Å². The van der Waals surface area contributed by atoms with Crippen LogP contribution in [-0.4, -0.2) is 169 Å². The van der Waals surface area contributed by atoms with Crippen LogP contribution in [-0.2, 0) is 28.4 Å². The minimum absolute atomic E-state index is 0.0360. The van der Waals surface area contributed by atoms with Crippen molar-refractivity contribution in [3.63, 3.8) is 0 Å². The minimum atomic E-state index is -1.70. The first-order valence-electron chi connectivity index (χ1n) is 23.2. The van der Waals surface area contributed by atoms with E-state index in [0.29, 0.717) is 35.6 Å². The fraction of sp³-hybridized carbons (Fsp3) is 0.956. The monoisotopic (exact) mass is 852 g/mol. The predicted octanol–water partition coefficient (Wildman–Crippen LogP) is 1.18. The summed E-state index contributed by atoms with van der Waals surface area (Å²) >= 11 is 0. The Hall–Kier alpha value is -0.860. The Kier molecular flexibility index (Phi) is 12.2. The van der Waals surface area contributed by atoms with E-state index in [1.54, 1.807) is 0 Å². The molecule has 0 aromatic rings. The average molecular weight is 852 g/mol. The van der Waals surface area contributed by atoms with E-state index in [0.717, 1.165) is 43.1 Å². The highest BCUT2D eigenvalue weighted by Gasteiger charge is 2.66. The first-order chi connectivity index (χ1) is 28.5. The molecular weight excluding hydrogens is 778 g/mol. The number of nitrogens with zero attached hydrogens (tertiary/aromatic N) is 1. The van der Waals surface area contributed by atoms with Crippen LogP contribution < -0.4 is 0 Å². The van der Waals surface area contributed by atoms with E-state index in [1.807, 2.05) is 0 Å². The molecule has 5 aliphatic heterocycles. The minimum Gasteiger partial charge on any atom is -0.394 e. The Morgan fingerprint density at radius 3 is 1.98 bits per heavy atom. The second kappa shape index (κ2) is 16.5. The van der Waals surface area contributed by atoms with Gasteiger partial charge in [-0.15, -0.1) is 0 Å². The molecule has 8 N–H and O–H groups in total. The van der Waals surface area contributed by atoms with E-state index in [2.05, 4.69) is 38.7 Å². The Labute approximate surface area is 354 Å². The molecule has 15 heteroatoms. The zero-order chi connectivity index (χ0) is 42.7. The maximum atomic E-state index is 12.0. The molecule has 15 nitrogen and oxygen atoms in total. The van der Waals surface area contributed by atoms with E-state index in [1.165, 1.54) is 58.1 Å². The molecule has 9 rings (SSSR count). The second-order valence-corrected chi connectivity index (χ2v) is 21.2. The van der Waals surface area contributed by atoms with Crippen LogP contribution in [0.25, 0.3) is 0 Å². The number of rotatable bonds is 7. The van der Waals surface area contributed by atoms with Crippen LogP contribution in [0.2, 0.25) is 0 Å². The molecule has 26 atom stereocenters. The van der Waals surface area contributed by atoms with Crippen molar-refractivity contribution in [2.45, 2.75) is 210 Å². The SMILES string of the molecule is C[C@H]1CC[C@@H]2[C@@H](C)[C@H]3[C@H](C[C@H]4[C@@H]5CC=C6C[C@@H](O[C@@H]7O[C@H](CO)[C@H](O[C@@H]8O[C@@H](C)[C@H](O)C(O)[C@H]8O)[C@H](O)[C@@H]7O[C@@H]7O[C@@H](C)[C@@H](O)[C@@H](O)[C@H]7O)CC[C@]6(C)[C@H]5CC[C@]34C)N2C1. The van der Waals surface area contributed by atoms with Gasteiger partial charge in [-0.25, -0.2) is 0 Å². The number of hydrogen-bond donors (Lipinski definition) is 8. The van der Waals surface area contributed by atoms with Gasteiger partial charge in [-0.3, -0.25) is 4.90 Å². The van der Waals surface area contributed by atoms with Crippen molar-refractivity contribution in [2.24, 2.45) is 46.3 Å². The fourth-order valence-electron chi connectivity index (χ4n) is 14.7. The molecule has 9 aliphatic rings. The van der Waals surface area contributed by atoms with Gasteiger partial charge in [0.2, 0.25) is 0 Å². The third-order valence-electron chi connectivity index (χ3n) is 18.0. The number of aliphatic hydroxyl groups excluding tert-OH is 8. The van der Waals surface area contributed by atoms with E-state index in [4.69, 9.17) is 28.4 Å². The highest BCUT2D eigenvalue weighted by atomic mass is 16.8. The molecule has 4 aliphatic carbocycles. The van der Waals surface area contributed by atoms with Gasteiger partial charge < -0.3 is 69.3 Å². The Bertz CT molecular complexity index is 1570. The van der Waals surface area contributed by atoms with Crippen LogP contribution in [0.3, 0.4) is 0 Å². The van der Waals surface area contributed by atoms with Gasteiger partial charge in [0.15, 0.2) is 18.9 Å². The molecule has 0 aromatic heterocycles. The van der Waals surface area contributed by atoms with E-state index >= 15 is 0 Å². The summed E-state index contributed by atoms with van der Waals surface area (Å²) in [5.74, 6) is 4.26. The number of aliphatic hydroxyl groups is 8. The van der Waals surface area contributed by atoms with Crippen LogP contribution in [0.5, 0.6) is 0 Å². The quantitative estimate of drug-likeness (QED) is 0.169. The smallest absolute Gasteiger partial charge is 0.187 e. The number of fused-ring (bicyclic) bond motifs is 9. The van der Waals surface area contributed by atoms with Gasteiger partial charge in [-0.1, -0.05) is 39.3 Å². The molecule has 1 unspecified atom stereocenters. The predicted molar refractivity (Wildman–Crippen MR) is 214 cm³/mol. The van der Waals surface area contributed by atoms with Crippen molar-refractivity contribution >= 4 is 0 Å². The molecule has 5 saturated heterocycles. The Morgan fingerprint density at radius 2 is 1.33 bits per heavy atom. The number of allylic oxidation sites excluding steroid dienone is 1. The second-order valence-electron chi connectivity index (χ2n) is 21.2. The fourth-order valence-corrected chi connectivity index (χ4v) is 14.7. The molecule has 0 aromatic carbocycles. The van der Waals surface area contributed by atoms with Gasteiger partial charge in [0, 0.05) is 18.6 Å². The maximum absolute atomic E-state index is 12.0. The van der Waals surface area contributed by atoms with Crippen molar-refractivity contribution in [3.05, 3.63) is 11.6 Å². The summed E-state index contributed by atoms with van der Waals surface area (Å²) in [5, 5.41) is 85.9. The summed E-state index contributed by atoms with van der Waals surface area (Å²) in [4.78, 5) is 2.95. The molecule has 0 bridgehead atoms. The van der Waals surface area contributed by atoms with E-state index in [9.17, 15) is 40.9 Å². The van der Waals surface area contributed by atoms with Gasteiger partial charge >= 0.3 is 0 Å². The molecular formula is C45H73NO14. The van der Waals surface area contributed by atoms with Crippen molar-refractivity contribution in [2.75, 3.05) is 13.2 Å². The zero-order valence-corrected chi connectivity index (χ0v) is 36.2. The standard InChI is InChI=1S/C45H73NO14/c1-19-7-10-28-20(2)31-29(46(28)17-19)16-27-25-9-8-23-15-24(11-13-44(23,5)26(25)12-14-45(27,31)6)57-43-40(60-42-37(53)35(51)33(49)22(4)56-42)38(54)39(30(18-47)58-43)59-41-36(52)34(50)32(48)21(3)55-41/h8,19-22,24-43,47-54H,7,9-18H2,1-6H3/t19-,20+,21-,22-,24-,25+,26-,27-,28+,29-,30+,31-,32-,33+,34?,35+,36+,37+,38-,39-,40-,41-,42-,43+,44-,45-/m0/s1. The van der Waals surface area contributed by atoms with Crippen LogP contribution in [0.4, 0.5) is 0 Å². The lowest BCUT2D eigenvalue weighted by Gasteiger charge is -2.58. The summed E-state index contributed by atoms with van der Waals surface area (Å²) in [6.07, 6.45) is -9.14. The summed E-state index contributed by atoms with van der Waals surface area (Å²) in [7, 11) is 0. The zero-order valence-electron chi connectivity index (χ0n) is 36.2. The topological polar surface area (TPSA) is 220 Å². The van der Waals surface area contributed by atoms with Crippen LogP contribution in [0.1, 0.15) is 99.3 Å². The summed E-state index contributed by atoms with van der Waals surface area (Å²) in [6, 6.07) is 1.45. The van der Waals surface area contributed by atoms with Gasteiger partial charge in [0.1, 0.15) is 61.0 Å². The van der Waals surface area contributed by atoms with Crippen molar-refractivity contribution < 1.29 is 69.3 Å². The maximum Gasteiger partial charge on any atom is 0.187 e. The third kappa shape index (κ3) is 7.11. The lowest BCUT2D eigenvalue weighted by Crippen LogP contribution is -2.66. The highest BCUT2D eigenvalue weighted by Crippen LogP contribution is 2.70. The molecule has 5 heterocycles. The van der Waals surface area contributed by atoms with Crippen molar-refractivity contribution in [1.29, 1.82) is 0 Å². The molecule has 3 saturated carbocycles. The van der Waals surface area contributed by atoms with Gasteiger partial charge in [0.05, 0.1) is 24.9 Å². The lowest BCUT2D eigenvalue weighted by atomic mass is 9.47. The number of piperidine rings is 1. The summed E-state index contributed by atoms with van der Waals surface area (Å²) in [5.41, 5.74) is 1.80. The Balaban J connectivity index is 0.927. The first kappa shape index (κ1) is 44.3. The summed E-state index contributed by atoms with van der Waals surface area (Å²) in [6.45, 7) is 13.7. The van der Waals surface area contributed by atoms with Gasteiger partial charge in [0.25, 0.3) is 0 Å². The van der Waals surface area contributed by atoms with Crippen LogP contribution in [0, 0.1) is 46.3 Å². The molecule has 0 amide bonds. The number of hydrogen-bond acceptors (Lipinski definition) is 15. The van der Waals surface area contributed by atoms with Crippen LogP contribution in [0.15, 0.2) is 11.6 Å². The number of ether oxygens (including phenoxy) is 6. The Morgan fingerprint density at radius 1 is 0.683 bits per heavy atom. The summed E-state index contributed by atoms with van der Waals surface area (Å²) < 4.78 is 36.7. The third-order valence-corrected chi connectivity index (χ3v) is 18.0. The van der Waals surface area contributed by atoms with Gasteiger partial charge in [-0.05, 0) is 118 Å². The van der Waals surface area contributed by atoms with E-state index < -0.39 is 98.7 Å². The lowest BCUT2D eigenvalue weighted by molar-refractivity contribution is -0.388. The molecule has 0 spiro atoms. The first-order valence-corrected chi connectivity index (χ1v) is 23.2. The van der Waals surface area contributed by atoms with Crippen LogP contribution >= 0.6 is 0 Å². The van der Waals surface area contributed by atoms with E-state index in [-0.39, 0.29) is 11.5 Å². The molecule has 8 fully saturated rings. The van der Waals surface area contributed by atoms with Gasteiger partial charge in [-0.2, -0.15) is 0 Å². The highest BCUT2D eigenvalue weighted by molar-refractivity contribution is 5.27. The average Bonchev–Trinajstić information content (AvgIpc) is 3.69. The molecule has 60 heavy (non-hydrogen) atoms. The molecule has 342 valence electrons. The normalized spacial score (nSPS) is 58.1. The van der Waals surface area contributed by atoms with Crippen molar-refractivity contribution in [1.82, 2.24) is 4.90 Å². The molecule has 0 radical (unpaired) electrons.